The van der Waals surface area contributed by atoms with Crippen LogP contribution in [0.4, 0.5) is 11.6 Å². The summed E-state index contributed by atoms with van der Waals surface area (Å²) in [4.78, 5) is 23.1. The van der Waals surface area contributed by atoms with Gasteiger partial charge in [0.1, 0.15) is 17.5 Å². The van der Waals surface area contributed by atoms with Crippen molar-refractivity contribution in [2.45, 2.75) is 13.8 Å². The van der Waals surface area contributed by atoms with E-state index in [0.29, 0.717) is 24.5 Å². The van der Waals surface area contributed by atoms with E-state index in [4.69, 9.17) is 0 Å². The smallest absolute Gasteiger partial charge is 0.254 e. The maximum Gasteiger partial charge on any atom is 0.254 e. The predicted octanol–water partition coefficient (Wildman–Crippen LogP) is 2.19. The minimum absolute atomic E-state index is 0.144. The Morgan fingerprint density at radius 2 is 1.86 bits per heavy atom. The molecule has 8 heteroatoms. The van der Waals surface area contributed by atoms with Gasteiger partial charge in [0.25, 0.3) is 5.91 Å². The van der Waals surface area contributed by atoms with Gasteiger partial charge in [-0.05, 0) is 26.0 Å². The molecule has 28 heavy (non-hydrogen) atoms. The highest BCUT2D eigenvalue weighted by Gasteiger charge is 2.14. The topological polar surface area (TPSA) is 88.0 Å². The van der Waals surface area contributed by atoms with Gasteiger partial charge in [0.2, 0.25) is 0 Å². The normalized spacial score (nSPS) is 10.6. The monoisotopic (exact) mass is 379 g/mol. The molecule has 2 aromatic heterocycles. The van der Waals surface area contributed by atoms with E-state index in [2.05, 4.69) is 25.7 Å². The van der Waals surface area contributed by atoms with E-state index in [1.54, 1.807) is 10.9 Å². The van der Waals surface area contributed by atoms with Crippen molar-refractivity contribution in [2.75, 3.05) is 37.4 Å². The van der Waals surface area contributed by atoms with Crippen molar-refractivity contribution in [3.8, 4) is 5.69 Å². The lowest BCUT2D eigenvalue weighted by Crippen LogP contribution is -2.29. The van der Waals surface area contributed by atoms with Crippen molar-refractivity contribution in [3.05, 3.63) is 59.7 Å². The van der Waals surface area contributed by atoms with Crippen molar-refractivity contribution in [2.24, 2.45) is 0 Å². The van der Waals surface area contributed by atoms with Crippen LogP contribution in [0.3, 0.4) is 0 Å². The van der Waals surface area contributed by atoms with Crippen LogP contribution in [0.1, 0.15) is 21.9 Å². The van der Waals surface area contributed by atoms with Crippen LogP contribution in [0.5, 0.6) is 0 Å². The fraction of sp³-hybridized carbons (Fsp3) is 0.300. The van der Waals surface area contributed by atoms with Crippen molar-refractivity contribution < 1.29 is 4.79 Å². The second-order valence-corrected chi connectivity index (χ2v) is 6.63. The van der Waals surface area contributed by atoms with E-state index < -0.39 is 0 Å². The summed E-state index contributed by atoms with van der Waals surface area (Å²) in [6.07, 6.45) is 1.60. The Bertz CT molecular complexity index is 950. The largest absolute Gasteiger partial charge is 0.368 e. The van der Waals surface area contributed by atoms with Gasteiger partial charge >= 0.3 is 0 Å². The number of aromatic nitrogens is 4. The second-order valence-electron chi connectivity index (χ2n) is 6.63. The van der Waals surface area contributed by atoms with Gasteiger partial charge in [-0.25, -0.2) is 14.6 Å². The molecule has 0 spiro atoms. The lowest BCUT2D eigenvalue weighted by atomic mass is 10.2. The number of hydrogen-bond acceptors (Lipinski definition) is 6. The molecule has 0 unspecified atom stereocenters. The molecular weight excluding hydrogens is 354 g/mol. The molecule has 0 atom stereocenters. The van der Waals surface area contributed by atoms with E-state index in [0.717, 1.165) is 23.0 Å². The summed E-state index contributed by atoms with van der Waals surface area (Å²) < 4.78 is 1.76. The number of amides is 1. The molecule has 0 saturated carbocycles. The van der Waals surface area contributed by atoms with Gasteiger partial charge in [0.05, 0.1) is 23.1 Å². The molecule has 0 aliphatic heterocycles. The average Bonchev–Trinajstić information content (AvgIpc) is 3.07. The number of benzene rings is 1. The molecule has 1 amide bonds. The number of aryl methyl sites for hydroxylation is 1. The van der Waals surface area contributed by atoms with Gasteiger partial charge < -0.3 is 15.5 Å². The van der Waals surface area contributed by atoms with Crippen molar-refractivity contribution >= 4 is 17.5 Å². The molecule has 1 aromatic carbocycles. The van der Waals surface area contributed by atoms with Crippen LogP contribution in [0, 0.1) is 13.8 Å². The molecule has 0 fully saturated rings. The van der Waals surface area contributed by atoms with Crippen molar-refractivity contribution in [1.82, 2.24) is 25.1 Å². The van der Waals surface area contributed by atoms with Gasteiger partial charge in [-0.2, -0.15) is 5.10 Å². The van der Waals surface area contributed by atoms with Crippen LogP contribution in [0.15, 0.2) is 42.6 Å². The van der Waals surface area contributed by atoms with Gasteiger partial charge in [0, 0.05) is 33.3 Å². The SMILES string of the molecule is Cc1nc(NCCNC(=O)c2cnn(-c3ccccc3)c2C)cc(N(C)C)n1. The van der Waals surface area contributed by atoms with Crippen LogP contribution in [-0.4, -0.2) is 52.8 Å². The molecule has 2 heterocycles. The predicted molar refractivity (Wildman–Crippen MR) is 110 cm³/mol. The van der Waals surface area contributed by atoms with Crippen LogP contribution in [0.2, 0.25) is 0 Å². The minimum Gasteiger partial charge on any atom is -0.368 e. The number of rotatable bonds is 7. The standard InChI is InChI=1S/C20H25N7O/c1-14-17(13-23-27(14)16-8-6-5-7-9-16)20(28)22-11-10-21-18-12-19(26(3)4)25-15(2)24-18/h5-9,12-13H,10-11H2,1-4H3,(H,22,28)(H,21,24,25). The Balaban J connectivity index is 1.56. The Kier molecular flexibility index (Phi) is 5.88. The summed E-state index contributed by atoms with van der Waals surface area (Å²) in [5, 5.41) is 10.5. The molecular formula is C20H25N7O. The highest BCUT2D eigenvalue weighted by atomic mass is 16.1. The van der Waals surface area contributed by atoms with Crippen LogP contribution in [0.25, 0.3) is 5.69 Å². The number of anilines is 2. The first kappa shape index (κ1) is 19.3. The van der Waals surface area contributed by atoms with E-state index in [1.165, 1.54) is 0 Å². The number of para-hydroxylation sites is 1. The van der Waals surface area contributed by atoms with Gasteiger partial charge in [-0.1, -0.05) is 18.2 Å². The van der Waals surface area contributed by atoms with Crippen LogP contribution >= 0.6 is 0 Å². The van der Waals surface area contributed by atoms with Gasteiger partial charge in [-0.15, -0.1) is 0 Å². The Morgan fingerprint density at radius 1 is 1.11 bits per heavy atom. The molecule has 3 aromatic rings. The van der Waals surface area contributed by atoms with Crippen LogP contribution < -0.4 is 15.5 Å². The number of carbonyl (C=O) groups is 1. The lowest BCUT2D eigenvalue weighted by Gasteiger charge is -2.14. The van der Waals surface area contributed by atoms with Crippen molar-refractivity contribution in [1.29, 1.82) is 0 Å². The molecule has 146 valence electrons. The Morgan fingerprint density at radius 3 is 2.57 bits per heavy atom. The summed E-state index contributed by atoms with van der Waals surface area (Å²) >= 11 is 0. The van der Waals surface area contributed by atoms with Crippen molar-refractivity contribution in [3.63, 3.8) is 0 Å². The molecule has 3 rings (SSSR count). The summed E-state index contributed by atoms with van der Waals surface area (Å²) in [6, 6.07) is 11.6. The first-order valence-corrected chi connectivity index (χ1v) is 9.11. The number of carbonyl (C=O) groups excluding carboxylic acids is 1. The fourth-order valence-corrected chi connectivity index (χ4v) is 2.80. The summed E-state index contributed by atoms with van der Waals surface area (Å²) in [5.74, 6) is 2.12. The maximum atomic E-state index is 12.5. The Hall–Kier alpha value is -3.42. The second kappa shape index (κ2) is 8.51. The molecule has 0 aliphatic carbocycles. The lowest BCUT2D eigenvalue weighted by molar-refractivity contribution is 0.0954. The molecule has 0 aliphatic rings. The third-order valence-electron chi connectivity index (χ3n) is 4.25. The highest BCUT2D eigenvalue weighted by Crippen LogP contribution is 2.14. The number of nitrogens with one attached hydrogen (secondary N) is 2. The zero-order valence-corrected chi connectivity index (χ0v) is 16.6. The van der Waals surface area contributed by atoms with Gasteiger partial charge in [0.15, 0.2) is 0 Å². The quantitative estimate of drug-likeness (QED) is 0.612. The number of nitrogens with zero attached hydrogens (tertiary/aromatic N) is 5. The minimum atomic E-state index is -0.144. The molecule has 0 saturated heterocycles. The van der Waals surface area contributed by atoms with E-state index in [-0.39, 0.29) is 5.91 Å². The molecule has 0 bridgehead atoms. The zero-order chi connectivity index (χ0) is 20.1. The van der Waals surface area contributed by atoms with Crippen LogP contribution in [-0.2, 0) is 0 Å². The van der Waals surface area contributed by atoms with E-state index in [1.807, 2.05) is 69.2 Å². The summed E-state index contributed by atoms with van der Waals surface area (Å²) in [5.41, 5.74) is 2.30. The van der Waals surface area contributed by atoms with E-state index >= 15 is 0 Å². The first-order valence-electron chi connectivity index (χ1n) is 9.11. The zero-order valence-electron chi connectivity index (χ0n) is 16.6. The van der Waals surface area contributed by atoms with Gasteiger partial charge in [-0.3, -0.25) is 4.79 Å². The number of hydrogen-bond donors (Lipinski definition) is 2. The maximum absolute atomic E-state index is 12.5. The average molecular weight is 379 g/mol. The molecule has 2 N–H and O–H groups in total. The Labute approximate surface area is 164 Å². The fourth-order valence-electron chi connectivity index (χ4n) is 2.80. The third kappa shape index (κ3) is 4.46. The molecule has 0 radical (unpaired) electrons. The third-order valence-corrected chi connectivity index (χ3v) is 4.25. The summed E-state index contributed by atoms with van der Waals surface area (Å²) in [7, 11) is 3.87. The van der Waals surface area contributed by atoms with E-state index in [9.17, 15) is 4.79 Å². The first-order chi connectivity index (χ1) is 13.5. The summed E-state index contributed by atoms with van der Waals surface area (Å²) in [6.45, 7) is 4.77. The molecule has 8 nitrogen and oxygen atoms in total. The highest BCUT2D eigenvalue weighted by molar-refractivity contribution is 5.95.